The fraction of sp³-hybridized carbons (Fsp3) is 0.400. The van der Waals surface area contributed by atoms with Gasteiger partial charge in [0.1, 0.15) is 0 Å². The van der Waals surface area contributed by atoms with Gasteiger partial charge in [-0.05, 0) is 6.42 Å². The Morgan fingerprint density at radius 1 is 1.86 bits per heavy atom. The molecule has 0 bridgehead atoms. The summed E-state index contributed by atoms with van der Waals surface area (Å²) in [5.74, 6) is 0. The first kappa shape index (κ1) is 6.79. The van der Waals surface area contributed by atoms with Gasteiger partial charge in [-0.15, -0.1) is 6.58 Å². The van der Waals surface area contributed by atoms with Crippen LogP contribution in [0, 0.1) is 0 Å². The van der Waals surface area contributed by atoms with E-state index < -0.39 is 6.10 Å². The summed E-state index contributed by atoms with van der Waals surface area (Å²) in [7, 11) is 0. The molecule has 0 aromatic heterocycles. The average Bonchev–Trinajstić information content (AvgIpc) is 1.68. The zero-order valence-corrected chi connectivity index (χ0v) is 4.82. The second-order valence-electron chi connectivity index (χ2n) is 1.23. The minimum Gasteiger partial charge on any atom is -0.388 e. The predicted molar refractivity (Wildman–Crippen MR) is 34.5 cm³/mol. The van der Waals surface area contributed by atoms with Crippen molar-refractivity contribution < 1.29 is 5.11 Å². The van der Waals surface area contributed by atoms with Gasteiger partial charge in [-0.3, -0.25) is 0 Å². The van der Waals surface area contributed by atoms with Crippen LogP contribution in [0.4, 0.5) is 0 Å². The summed E-state index contributed by atoms with van der Waals surface area (Å²) < 4.78 is 0. The largest absolute Gasteiger partial charge is 0.388 e. The summed E-state index contributed by atoms with van der Waals surface area (Å²) in [6.07, 6.45) is 1.71. The van der Waals surface area contributed by atoms with Crippen LogP contribution in [0.1, 0.15) is 6.42 Å². The van der Waals surface area contributed by atoms with E-state index in [0.717, 1.165) is 0 Å². The van der Waals surface area contributed by atoms with Gasteiger partial charge >= 0.3 is 0 Å². The highest BCUT2D eigenvalue weighted by atomic mass is 32.1. The van der Waals surface area contributed by atoms with E-state index in [0.29, 0.717) is 6.42 Å². The predicted octanol–water partition coefficient (Wildman–Crippen LogP) is 0.923. The topological polar surface area (TPSA) is 20.2 Å². The number of hydrogen-bond donors (Lipinski definition) is 1. The molecule has 2 heteroatoms. The molecule has 1 unspecified atom stereocenters. The lowest BCUT2D eigenvalue weighted by molar-refractivity contribution is 0.252. The summed E-state index contributed by atoms with van der Waals surface area (Å²) in [4.78, 5) is 0. The van der Waals surface area contributed by atoms with Crippen molar-refractivity contribution in [1.29, 1.82) is 0 Å². The Morgan fingerprint density at radius 2 is 2.43 bits per heavy atom. The first-order valence-corrected chi connectivity index (χ1v) is 2.52. The van der Waals surface area contributed by atoms with E-state index >= 15 is 0 Å². The third kappa shape index (κ3) is 3.62. The summed E-state index contributed by atoms with van der Waals surface area (Å²) in [5, 5.41) is 9.95. The summed E-state index contributed by atoms with van der Waals surface area (Å²) in [6.45, 7) is 3.42. The maximum atomic E-state index is 8.63. The quantitative estimate of drug-likeness (QED) is 0.437. The van der Waals surface area contributed by atoms with Crippen molar-refractivity contribution in [2.24, 2.45) is 0 Å². The highest BCUT2D eigenvalue weighted by Crippen LogP contribution is 1.85. The van der Waals surface area contributed by atoms with Gasteiger partial charge in [0, 0.05) is 5.37 Å². The van der Waals surface area contributed by atoms with E-state index in [1.165, 1.54) is 5.37 Å². The molecule has 0 aliphatic rings. The number of aliphatic hydroxyl groups is 1. The second kappa shape index (κ2) is 3.96. The minimum atomic E-state index is -0.479. The lowest BCUT2D eigenvalue weighted by Gasteiger charge is -1.93. The Kier molecular flexibility index (Phi) is 3.84. The number of thiocarbonyl (C=S) groups is 1. The molecule has 0 aliphatic heterocycles. The van der Waals surface area contributed by atoms with Crippen LogP contribution >= 0.6 is 12.2 Å². The van der Waals surface area contributed by atoms with Crippen molar-refractivity contribution in [2.45, 2.75) is 12.5 Å². The highest BCUT2D eigenvalue weighted by Gasteiger charge is 1.90. The van der Waals surface area contributed by atoms with Gasteiger partial charge in [-0.25, -0.2) is 0 Å². The molecular weight excluding hydrogens is 108 g/mol. The van der Waals surface area contributed by atoms with Crippen molar-refractivity contribution >= 4 is 17.6 Å². The normalized spacial score (nSPS) is 12.7. The number of hydrogen-bond acceptors (Lipinski definition) is 2. The zero-order chi connectivity index (χ0) is 5.70. The minimum absolute atomic E-state index is 0.479. The molecule has 1 nitrogen and oxygen atoms in total. The summed E-state index contributed by atoms with van der Waals surface area (Å²) in [5.41, 5.74) is 0. The van der Waals surface area contributed by atoms with Crippen LogP contribution in [0.5, 0.6) is 0 Å². The molecule has 0 aliphatic carbocycles. The molecule has 0 spiro atoms. The SMILES string of the molecule is C=CCC(O)C=S. The Hall–Kier alpha value is -0.210. The van der Waals surface area contributed by atoms with Crippen LogP contribution in [0.2, 0.25) is 0 Å². The third-order valence-electron chi connectivity index (χ3n) is 0.565. The molecule has 0 rings (SSSR count). The van der Waals surface area contributed by atoms with E-state index in [1.54, 1.807) is 6.08 Å². The van der Waals surface area contributed by atoms with Gasteiger partial charge in [0.15, 0.2) is 0 Å². The molecular formula is C5H8OS. The molecule has 1 atom stereocenters. The van der Waals surface area contributed by atoms with Crippen LogP contribution in [-0.4, -0.2) is 16.6 Å². The lowest BCUT2D eigenvalue weighted by Crippen LogP contribution is -2.02. The zero-order valence-electron chi connectivity index (χ0n) is 4.00. The molecule has 0 saturated carbocycles. The highest BCUT2D eigenvalue weighted by molar-refractivity contribution is 7.79. The molecule has 0 fully saturated rings. The first-order chi connectivity index (χ1) is 3.31. The molecule has 1 N–H and O–H groups in total. The molecule has 0 heterocycles. The van der Waals surface area contributed by atoms with Gasteiger partial charge in [0.25, 0.3) is 0 Å². The maximum Gasteiger partial charge on any atom is 0.0856 e. The van der Waals surface area contributed by atoms with E-state index in [9.17, 15) is 0 Å². The monoisotopic (exact) mass is 116 g/mol. The van der Waals surface area contributed by atoms with Crippen LogP contribution in [0.3, 0.4) is 0 Å². The molecule has 7 heavy (non-hydrogen) atoms. The third-order valence-corrected chi connectivity index (χ3v) is 0.879. The smallest absolute Gasteiger partial charge is 0.0856 e. The van der Waals surface area contributed by atoms with Crippen LogP contribution in [0.15, 0.2) is 12.7 Å². The standard InChI is InChI=1S/C5H8OS/c1-2-3-5(6)4-7/h2,4-6H,1,3H2. The Morgan fingerprint density at radius 3 is 2.57 bits per heavy atom. The van der Waals surface area contributed by atoms with Gasteiger partial charge in [-0.1, -0.05) is 18.3 Å². The second-order valence-corrected chi connectivity index (χ2v) is 1.50. The van der Waals surface area contributed by atoms with Crippen molar-refractivity contribution in [3.8, 4) is 0 Å². The fourth-order valence-corrected chi connectivity index (χ4v) is 0.337. The van der Waals surface area contributed by atoms with Gasteiger partial charge < -0.3 is 5.11 Å². The Balaban J connectivity index is 3.15. The van der Waals surface area contributed by atoms with E-state index in [-0.39, 0.29) is 0 Å². The van der Waals surface area contributed by atoms with Gasteiger partial charge in [0.2, 0.25) is 0 Å². The molecule has 0 radical (unpaired) electrons. The van der Waals surface area contributed by atoms with Crippen molar-refractivity contribution in [3.05, 3.63) is 12.7 Å². The van der Waals surface area contributed by atoms with Gasteiger partial charge in [-0.2, -0.15) is 0 Å². The Labute approximate surface area is 48.7 Å². The molecule has 40 valence electrons. The van der Waals surface area contributed by atoms with E-state index in [1.807, 2.05) is 0 Å². The first-order valence-electron chi connectivity index (χ1n) is 2.05. The van der Waals surface area contributed by atoms with E-state index in [4.69, 9.17) is 5.11 Å². The van der Waals surface area contributed by atoms with Crippen molar-refractivity contribution in [2.75, 3.05) is 0 Å². The van der Waals surface area contributed by atoms with Crippen LogP contribution in [0.25, 0.3) is 0 Å². The molecule has 0 aromatic carbocycles. The van der Waals surface area contributed by atoms with Crippen molar-refractivity contribution in [1.82, 2.24) is 0 Å². The molecule has 0 saturated heterocycles. The molecule has 0 aromatic rings. The number of aliphatic hydroxyl groups excluding tert-OH is 1. The fourth-order valence-electron chi connectivity index (χ4n) is 0.226. The van der Waals surface area contributed by atoms with Crippen molar-refractivity contribution in [3.63, 3.8) is 0 Å². The van der Waals surface area contributed by atoms with Gasteiger partial charge in [0.05, 0.1) is 6.10 Å². The average molecular weight is 116 g/mol. The number of rotatable bonds is 3. The summed E-state index contributed by atoms with van der Waals surface area (Å²) >= 11 is 4.42. The lowest BCUT2D eigenvalue weighted by atomic mass is 10.3. The summed E-state index contributed by atoms with van der Waals surface area (Å²) in [6, 6.07) is 0. The van der Waals surface area contributed by atoms with Crippen LogP contribution < -0.4 is 0 Å². The van der Waals surface area contributed by atoms with E-state index in [2.05, 4.69) is 18.8 Å². The Bertz CT molecular complexity index is 70.5. The molecule has 0 amide bonds. The van der Waals surface area contributed by atoms with Crippen LogP contribution in [-0.2, 0) is 0 Å². The maximum absolute atomic E-state index is 8.63.